The van der Waals surface area contributed by atoms with Crippen LogP contribution in [0, 0.1) is 64.6 Å². The molecule has 0 unspecified atom stereocenters. The zero-order valence-corrected chi connectivity index (χ0v) is 10.3. The summed E-state index contributed by atoms with van der Waals surface area (Å²) in [5, 5.41) is 0. The van der Waals surface area contributed by atoms with E-state index in [1.54, 1.807) is 0 Å². The molecule has 0 saturated carbocycles. The van der Waals surface area contributed by atoms with Crippen LogP contribution in [0.5, 0.6) is 0 Å². The predicted octanol–water partition coefficient (Wildman–Crippen LogP) is 4.56. The Balaban J connectivity index is 2.71. The molecule has 0 amide bonds. The smallest absolute Gasteiger partial charge is 0.200 e. The van der Waals surface area contributed by atoms with Gasteiger partial charge in [-0.25, -0.2) is 43.9 Å². The lowest BCUT2D eigenvalue weighted by Gasteiger charge is -2.10. The third-order valence-corrected chi connectivity index (χ3v) is 2.67. The van der Waals surface area contributed by atoms with Crippen LogP contribution in [0.2, 0.25) is 0 Å². The largest absolute Gasteiger partial charge is 0.203 e. The maximum atomic E-state index is 13.3. The summed E-state index contributed by atoms with van der Waals surface area (Å²) < 4.78 is 131. The van der Waals surface area contributed by atoms with E-state index in [1.165, 1.54) is 0 Å². The third kappa shape index (κ3) is 2.51. The Morgan fingerprint density at radius 1 is 0.304 bits per heavy atom. The maximum absolute atomic E-state index is 13.3. The molecule has 122 valence electrons. The Hall–Kier alpha value is -2.26. The molecule has 0 bridgehead atoms. The fourth-order valence-electron chi connectivity index (χ4n) is 1.55. The molecule has 2 rings (SSSR count). The normalized spacial score (nSPS) is 11.2. The summed E-state index contributed by atoms with van der Waals surface area (Å²) in [4.78, 5) is 0. The number of benzene rings is 2. The molecular weight excluding hydrogens is 346 g/mol. The van der Waals surface area contributed by atoms with Gasteiger partial charge in [-0.1, -0.05) is 0 Å². The van der Waals surface area contributed by atoms with Crippen molar-refractivity contribution in [2.24, 2.45) is 0 Å². The number of halogens is 10. The first-order valence-corrected chi connectivity index (χ1v) is 5.39. The van der Waals surface area contributed by atoms with Crippen LogP contribution in [-0.2, 0) is 0 Å². The SMILES string of the molecule is Fc1c(F)c(F)c([C]c2c(F)c(F)c(F)c(F)c2F)c(F)c1F. The first-order valence-electron chi connectivity index (χ1n) is 5.39. The molecule has 2 radical (unpaired) electrons. The van der Waals surface area contributed by atoms with Gasteiger partial charge in [0.2, 0.25) is 11.6 Å². The molecule has 0 heterocycles. The van der Waals surface area contributed by atoms with Gasteiger partial charge in [0.05, 0.1) is 6.42 Å². The van der Waals surface area contributed by atoms with Gasteiger partial charge in [-0.05, 0) is 0 Å². The van der Waals surface area contributed by atoms with Crippen LogP contribution in [0.3, 0.4) is 0 Å². The molecule has 0 spiro atoms. The quantitative estimate of drug-likeness (QED) is 0.425. The highest BCUT2D eigenvalue weighted by Crippen LogP contribution is 2.30. The van der Waals surface area contributed by atoms with Gasteiger partial charge in [0.15, 0.2) is 46.5 Å². The van der Waals surface area contributed by atoms with E-state index in [9.17, 15) is 43.9 Å². The Labute approximate surface area is 121 Å². The fourth-order valence-corrected chi connectivity index (χ4v) is 1.55. The second kappa shape index (κ2) is 5.74. The molecular formula is C13F10. The summed E-state index contributed by atoms with van der Waals surface area (Å²) >= 11 is 0. The van der Waals surface area contributed by atoms with E-state index in [1.807, 2.05) is 0 Å². The zero-order chi connectivity index (χ0) is 17.6. The van der Waals surface area contributed by atoms with Crippen LogP contribution in [0.15, 0.2) is 0 Å². The van der Waals surface area contributed by atoms with Crippen LogP contribution >= 0.6 is 0 Å². The molecule has 0 nitrogen and oxygen atoms in total. The third-order valence-electron chi connectivity index (χ3n) is 2.67. The first-order chi connectivity index (χ1) is 10.6. The predicted molar refractivity (Wildman–Crippen MR) is 53.9 cm³/mol. The van der Waals surface area contributed by atoms with E-state index < -0.39 is 69.3 Å². The summed E-state index contributed by atoms with van der Waals surface area (Å²) in [6.45, 7) is 0. The van der Waals surface area contributed by atoms with Gasteiger partial charge >= 0.3 is 0 Å². The van der Waals surface area contributed by atoms with Gasteiger partial charge in [-0.3, -0.25) is 0 Å². The van der Waals surface area contributed by atoms with Gasteiger partial charge in [-0.2, -0.15) is 0 Å². The summed E-state index contributed by atoms with van der Waals surface area (Å²) in [6.07, 6.45) is 1.00. The summed E-state index contributed by atoms with van der Waals surface area (Å²) in [6, 6.07) is 0. The van der Waals surface area contributed by atoms with Gasteiger partial charge in [0.25, 0.3) is 0 Å². The summed E-state index contributed by atoms with van der Waals surface area (Å²) in [7, 11) is 0. The van der Waals surface area contributed by atoms with Crippen molar-refractivity contribution >= 4 is 0 Å². The topological polar surface area (TPSA) is 0 Å². The first kappa shape index (κ1) is 17.1. The van der Waals surface area contributed by atoms with Crippen molar-refractivity contribution in [1.82, 2.24) is 0 Å². The average molecular weight is 346 g/mol. The van der Waals surface area contributed by atoms with Gasteiger partial charge in [0.1, 0.15) is 0 Å². The molecule has 0 aliphatic carbocycles. The molecule has 0 aliphatic rings. The Morgan fingerprint density at radius 3 is 0.696 bits per heavy atom. The van der Waals surface area contributed by atoms with Crippen LogP contribution in [0.1, 0.15) is 11.1 Å². The second-order valence-electron chi connectivity index (χ2n) is 4.01. The molecule has 0 aromatic heterocycles. The lowest BCUT2D eigenvalue weighted by Crippen LogP contribution is -2.11. The molecule has 10 heteroatoms. The Kier molecular flexibility index (Phi) is 4.27. The van der Waals surface area contributed by atoms with Crippen molar-refractivity contribution in [2.75, 3.05) is 0 Å². The van der Waals surface area contributed by atoms with Gasteiger partial charge in [-0.15, -0.1) is 0 Å². The summed E-state index contributed by atoms with van der Waals surface area (Å²) in [5.74, 6) is -25.2. The van der Waals surface area contributed by atoms with E-state index in [4.69, 9.17) is 0 Å². The Bertz CT molecular complexity index is 686. The number of rotatable bonds is 2. The summed E-state index contributed by atoms with van der Waals surface area (Å²) in [5.41, 5.74) is -3.96. The van der Waals surface area contributed by atoms with Crippen molar-refractivity contribution in [2.45, 2.75) is 0 Å². The molecule has 23 heavy (non-hydrogen) atoms. The van der Waals surface area contributed by atoms with E-state index in [0.29, 0.717) is 0 Å². The molecule has 0 saturated heterocycles. The lowest BCUT2D eigenvalue weighted by molar-refractivity contribution is 0.369. The van der Waals surface area contributed by atoms with Gasteiger partial charge in [0, 0.05) is 11.1 Å². The maximum Gasteiger partial charge on any atom is 0.200 e. The van der Waals surface area contributed by atoms with Crippen molar-refractivity contribution in [3.63, 3.8) is 0 Å². The number of hydrogen-bond acceptors (Lipinski definition) is 0. The monoisotopic (exact) mass is 346 g/mol. The van der Waals surface area contributed by atoms with E-state index in [2.05, 4.69) is 0 Å². The van der Waals surface area contributed by atoms with Crippen molar-refractivity contribution in [3.05, 3.63) is 75.7 Å². The van der Waals surface area contributed by atoms with Crippen LogP contribution in [0.4, 0.5) is 43.9 Å². The Morgan fingerprint density at radius 2 is 0.478 bits per heavy atom. The minimum atomic E-state index is -2.57. The standard InChI is InChI=1S/C13F10/c14-4-2(5(15)9(19)12(22)8(4)18)1-3-6(16)10(20)13(23)11(21)7(3)17. The second-order valence-corrected chi connectivity index (χ2v) is 4.01. The van der Waals surface area contributed by atoms with Crippen molar-refractivity contribution in [3.8, 4) is 0 Å². The molecule has 0 atom stereocenters. The lowest BCUT2D eigenvalue weighted by atomic mass is 10.0. The zero-order valence-electron chi connectivity index (χ0n) is 10.3. The highest BCUT2D eigenvalue weighted by molar-refractivity contribution is 5.42. The van der Waals surface area contributed by atoms with E-state index in [0.717, 1.165) is 6.42 Å². The molecule has 2 aromatic rings. The molecule has 0 N–H and O–H groups in total. The van der Waals surface area contributed by atoms with E-state index >= 15 is 0 Å². The molecule has 0 aliphatic heterocycles. The molecule has 2 aromatic carbocycles. The van der Waals surface area contributed by atoms with Crippen LogP contribution in [0.25, 0.3) is 0 Å². The highest BCUT2D eigenvalue weighted by Gasteiger charge is 2.31. The number of hydrogen-bond donors (Lipinski definition) is 0. The van der Waals surface area contributed by atoms with Crippen LogP contribution in [-0.4, -0.2) is 0 Å². The fraction of sp³-hybridized carbons (Fsp3) is 0. The van der Waals surface area contributed by atoms with E-state index in [-0.39, 0.29) is 0 Å². The highest BCUT2D eigenvalue weighted by atomic mass is 19.2. The van der Waals surface area contributed by atoms with Crippen molar-refractivity contribution < 1.29 is 43.9 Å². The minimum absolute atomic E-state index is 1.00. The van der Waals surface area contributed by atoms with Crippen molar-refractivity contribution in [1.29, 1.82) is 0 Å². The molecule has 0 fully saturated rings. The van der Waals surface area contributed by atoms with Crippen LogP contribution < -0.4 is 0 Å². The van der Waals surface area contributed by atoms with Gasteiger partial charge < -0.3 is 0 Å². The minimum Gasteiger partial charge on any atom is -0.203 e. The average Bonchev–Trinajstić information content (AvgIpc) is 2.54.